The number of carbonyl (C=O) groups is 2. The first-order chi connectivity index (χ1) is 8.06. The predicted molar refractivity (Wildman–Crippen MR) is 61.4 cm³/mol. The fourth-order valence-corrected chi connectivity index (χ4v) is 1.55. The van der Waals surface area contributed by atoms with Crippen molar-refractivity contribution in [3.8, 4) is 0 Å². The molecule has 0 fully saturated rings. The largest absolute Gasteiger partial charge is 0.480 e. The Bertz CT molecular complexity index is 391. The Morgan fingerprint density at radius 1 is 1.29 bits per heavy atom. The van der Waals surface area contributed by atoms with Gasteiger partial charge in [0.1, 0.15) is 6.04 Å². The van der Waals surface area contributed by atoms with Crippen molar-refractivity contribution in [3.63, 3.8) is 0 Å². The van der Waals surface area contributed by atoms with Crippen LogP contribution in [0.1, 0.15) is 18.6 Å². The van der Waals surface area contributed by atoms with Crippen LogP contribution in [0.5, 0.6) is 0 Å². The van der Waals surface area contributed by atoms with Crippen molar-refractivity contribution < 1.29 is 19.4 Å². The zero-order valence-corrected chi connectivity index (χ0v) is 9.71. The standard InChI is InChI=1S/C12H15NO4/c1-8(14)17-11(10(13-2)12(15)16)9-6-4-3-5-7-9/h3-7,10-11,13H,1-2H3,(H,15,16)/t10-,11?/m0/s1. The fourth-order valence-electron chi connectivity index (χ4n) is 1.55. The Morgan fingerprint density at radius 3 is 2.29 bits per heavy atom. The molecule has 0 spiro atoms. The number of likely N-dealkylation sites (N-methyl/N-ethyl adjacent to an activating group) is 1. The van der Waals surface area contributed by atoms with Crippen LogP contribution in [-0.2, 0) is 14.3 Å². The smallest absolute Gasteiger partial charge is 0.324 e. The molecule has 1 aromatic carbocycles. The van der Waals surface area contributed by atoms with Gasteiger partial charge >= 0.3 is 11.9 Å². The summed E-state index contributed by atoms with van der Waals surface area (Å²) in [6.07, 6.45) is -0.837. The summed E-state index contributed by atoms with van der Waals surface area (Å²) in [5, 5.41) is 11.7. The minimum atomic E-state index is -1.07. The highest BCUT2D eigenvalue weighted by Gasteiger charge is 2.30. The van der Waals surface area contributed by atoms with Crippen molar-refractivity contribution in [1.29, 1.82) is 0 Å². The van der Waals surface area contributed by atoms with Gasteiger partial charge in [-0.3, -0.25) is 9.59 Å². The van der Waals surface area contributed by atoms with Crippen LogP contribution in [0.15, 0.2) is 30.3 Å². The van der Waals surface area contributed by atoms with Gasteiger partial charge in [0.05, 0.1) is 0 Å². The lowest BCUT2D eigenvalue weighted by atomic mass is 10.0. The molecule has 0 heterocycles. The van der Waals surface area contributed by atoms with E-state index >= 15 is 0 Å². The SMILES string of the molecule is CN[C@H](C(=O)O)C(OC(C)=O)c1ccccc1. The molecule has 5 heteroatoms. The van der Waals surface area contributed by atoms with E-state index in [4.69, 9.17) is 9.84 Å². The van der Waals surface area contributed by atoms with Gasteiger partial charge in [0.25, 0.3) is 0 Å². The molecule has 0 aliphatic heterocycles. The van der Waals surface area contributed by atoms with Gasteiger partial charge in [-0.1, -0.05) is 30.3 Å². The predicted octanol–water partition coefficient (Wildman–Crippen LogP) is 0.963. The third-order valence-electron chi connectivity index (χ3n) is 2.30. The molecule has 0 radical (unpaired) electrons. The van der Waals surface area contributed by atoms with Gasteiger partial charge in [-0.05, 0) is 12.6 Å². The van der Waals surface area contributed by atoms with Crippen molar-refractivity contribution in [1.82, 2.24) is 5.32 Å². The molecule has 92 valence electrons. The molecule has 0 bridgehead atoms. The lowest BCUT2D eigenvalue weighted by Gasteiger charge is -2.23. The average Bonchev–Trinajstić information content (AvgIpc) is 2.29. The average molecular weight is 237 g/mol. The number of rotatable bonds is 5. The number of hydrogen-bond acceptors (Lipinski definition) is 4. The van der Waals surface area contributed by atoms with E-state index in [1.165, 1.54) is 14.0 Å². The van der Waals surface area contributed by atoms with E-state index in [0.29, 0.717) is 5.56 Å². The lowest BCUT2D eigenvalue weighted by Crippen LogP contribution is -2.41. The minimum absolute atomic E-state index is 0.514. The van der Waals surface area contributed by atoms with Crippen molar-refractivity contribution >= 4 is 11.9 Å². The van der Waals surface area contributed by atoms with Gasteiger partial charge in [0.15, 0.2) is 6.10 Å². The minimum Gasteiger partial charge on any atom is -0.480 e. The van der Waals surface area contributed by atoms with Crippen LogP contribution >= 0.6 is 0 Å². The molecule has 2 atom stereocenters. The zero-order valence-electron chi connectivity index (χ0n) is 9.71. The molecular weight excluding hydrogens is 222 g/mol. The Labute approximate surface area is 99.4 Å². The second kappa shape index (κ2) is 6.00. The number of carboxylic acids is 1. The number of nitrogens with one attached hydrogen (secondary N) is 1. The summed E-state index contributed by atoms with van der Waals surface area (Å²) in [6, 6.07) is 7.81. The number of hydrogen-bond donors (Lipinski definition) is 2. The van der Waals surface area contributed by atoms with Gasteiger partial charge in [-0.15, -0.1) is 0 Å². The Kier molecular flexibility index (Phi) is 4.66. The van der Waals surface area contributed by atoms with E-state index in [-0.39, 0.29) is 0 Å². The van der Waals surface area contributed by atoms with Crippen LogP contribution in [0.25, 0.3) is 0 Å². The van der Waals surface area contributed by atoms with Crippen molar-refractivity contribution in [2.45, 2.75) is 19.1 Å². The molecule has 1 aromatic rings. The molecule has 0 aromatic heterocycles. The van der Waals surface area contributed by atoms with Gasteiger partial charge < -0.3 is 15.2 Å². The van der Waals surface area contributed by atoms with Crippen molar-refractivity contribution in [3.05, 3.63) is 35.9 Å². The summed E-state index contributed by atoms with van der Waals surface area (Å²) in [6.45, 7) is 1.25. The van der Waals surface area contributed by atoms with Crippen LogP contribution < -0.4 is 5.32 Å². The third-order valence-corrected chi connectivity index (χ3v) is 2.30. The first-order valence-corrected chi connectivity index (χ1v) is 5.18. The van der Waals surface area contributed by atoms with Gasteiger partial charge in [0.2, 0.25) is 0 Å². The Hall–Kier alpha value is -1.88. The molecule has 0 aliphatic carbocycles. The highest BCUT2D eigenvalue weighted by molar-refractivity contribution is 5.75. The Balaban J connectivity index is 3.02. The summed E-state index contributed by atoms with van der Waals surface area (Å²) in [4.78, 5) is 22.1. The van der Waals surface area contributed by atoms with Crippen LogP contribution in [0.2, 0.25) is 0 Å². The maximum atomic E-state index is 11.1. The molecule has 17 heavy (non-hydrogen) atoms. The van der Waals surface area contributed by atoms with Gasteiger partial charge in [-0.2, -0.15) is 0 Å². The van der Waals surface area contributed by atoms with Crippen LogP contribution in [0, 0.1) is 0 Å². The summed E-state index contributed by atoms with van der Waals surface area (Å²) >= 11 is 0. The molecule has 0 amide bonds. The van der Waals surface area contributed by atoms with E-state index in [1.54, 1.807) is 24.3 Å². The van der Waals surface area contributed by atoms with E-state index in [1.807, 2.05) is 6.07 Å². The van der Waals surface area contributed by atoms with Crippen LogP contribution in [-0.4, -0.2) is 30.1 Å². The summed E-state index contributed by atoms with van der Waals surface area (Å²) < 4.78 is 5.07. The van der Waals surface area contributed by atoms with E-state index in [0.717, 1.165) is 0 Å². The maximum absolute atomic E-state index is 11.1. The first kappa shape index (κ1) is 13.2. The van der Waals surface area contributed by atoms with Crippen LogP contribution in [0.4, 0.5) is 0 Å². The first-order valence-electron chi connectivity index (χ1n) is 5.18. The molecule has 1 rings (SSSR count). The zero-order chi connectivity index (χ0) is 12.8. The number of aliphatic carboxylic acids is 1. The quantitative estimate of drug-likeness (QED) is 0.746. The fraction of sp³-hybridized carbons (Fsp3) is 0.333. The number of benzene rings is 1. The van der Waals surface area contributed by atoms with E-state index < -0.39 is 24.1 Å². The number of ether oxygens (including phenoxy) is 1. The van der Waals surface area contributed by atoms with Crippen LogP contribution in [0.3, 0.4) is 0 Å². The highest BCUT2D eigenvalue weighted by Crippen LogP contribution is 2.21. The summed E-state index contributed by atoms with van der Waals surface area (Å²) in [5.41, 5.74) is 0.643. The number of carboxylic acid groups (broad SMARTS) is 1. The second-order valence-corrected chi connectivity index (χ2v) is 3.55. The number of esters is 1. The highest BCUT2D eigenvalue weighted by atomic mass is 16.5. The second-order valence-electron chi connectivity index (χ2n) is 3.55. The van der Waals surface area contributed by atoms with Crippen molar-refractivity contribution in [2.75, 3.05) is 7.05 Å². The molecule has 1 unspecified atom stereocenters. The third kappa shape index (κ3) is 3.57. The summed E-state index contributed by atoms with van der Waals surface area (Å²) in [5.74, 6) is -1.58. The topological polar surface area (TPSA) is 75.6 Å². The van der Waals surface area contributed by atoms with Gasteiger partial charge in [-0.25, -0.2) is 0 Å². The van der Waals surface area contributed by atoms with E-state index in [2.05, 4.69) is 5.32 Å². The van der Waals surface area contributed by atoms with Crippen molar-refractivity contribution in [2.24, 2.45) is 0 Å². The molecule has 2 N–H and O–H groups in total. The molecule has 0 saturated carbocycles. The molecule has 0 aliphatic rings. The Morgan fingerprint density at radius 2 is 1.88 bits per heavy atom. The monoisotopic (exact) mass is 237 g/mol. The van der Waals surface area contributed by atoms with Gasteiger partial charge in [0, 0.05) is 6.92 Å². The van der Waals surface area contributed by atoms with E-state index in [9.17, 15) is 9.59 Å². The molecule has 0 saturated heterocycles. The molecular formula is C12H15NO4. The lowest BCUT2D eigenvalue weighted by molar-refractivity contribution is -0.154. The summed E-state index contributed by atoms with van der Waals surface area (Å²) in [7, 11) is 1.51. The number of carbonyl (C=O) groups excluding carboxylic acids is 1. The normalized spacial score (nSPS) is 13.8. The maximum Gasteiger partial charge on any atom is 0.324 e. The molecule has 5 nitrogen and oxygen atoms in total.